The highest BCUT2D eigenvalue weighted by molar-refractivity contribution is 5.77. The van der Waals surface area contributed by atoms with Crippen LogP contribution in [0.5, 0.6) is 0 Å². The van der Waals surface area contributed by atoms with Gasteiger partial charge in [-0.15, -0.1) is 0 Å². The molecule has 5 aromatic heterocycles. The number of rotatable bonds is 5. The highest BCUT2D eigenvalue weighted by atomic mass is 16.1. The monoisotopic (exact) mass is 375 g/mol. The van der Waals surface area contributed by atoms with Crippen molar-refractivity contribution in [3.05, 3.63) is 65.5 Å². The lowest BCUT2D eigenvalue weighted by atomic mass is 10.2. The Morgan fingerprint density at radius 1 is 1.11 bits per heavy atom. The quantitative estimate of drug-likeness (QED) is 0.496. The molecule has 1 N–H and O–H groups in total. The fourth-order valence-corrected chi connectivity index (χ4v) is 3.30. The number of fused-ring (bicyclic) bond motifs is 3. The largest absolute Gasteiger partial charge is 0.330 e. The Morgan fingerprint density at radius 3 is 2.71 bits per heavy atom. The molecule has 5 heterocycles. The van der Waals surface area contributed by atoms with E-state index in [4.69, 9.17) is 4.98 Å². The first-order valence-electron chi connectivity index (χ1n) is 8.98. The van der Waals surface area contributed by atoms with Gasteiger partial charge in [0.25, 0.3) is 5.56 Å². The molecular weight excluding hydrogens is 358 g/mol. The Morgan fingerprint density at radius 2 is 1.96 bits per heavy atom. The van der Waals surface area contributed by atoms with E-state index >= 15 is 0 Å². The van der Waals surface area contributed by atoms with Crippen LogP contribution in [-0.4, -0.2) is 43.4 Å². The molecule has 0 unspecified atom stereocenters. The van der Waals surface area contributed by atoms with Crippen molar-refractivity contribution in [2.75, 3.05) is 0 Å². The zero-order valence-electron chi connectivity index (χ0n) is 15.1. The molecule has 5 rings (SSSR count). The van der Waals surface area contributed by atoms with E-state index < -0.39 is 0 Å². The van der Waals surface area contributed by atoms with Crippen molar-refractivity contribution >= 4 is 16.7 Å². The maximum absolute atomic E-state index is 12.7. The highest BCUT2D eigenvalue weighted by Gasteiger charge is 2.17. The SMILES string of the molecule is CCCc1nc(-n2ccnc2)nc2c1[nH]c(=O)c1cnc(Cn3ccnc3)n12. The second kappa shape index (κ2) is 6.41. The first-order valence-corrected chi connectivity index (χ1v) is 8.98. The average Bonchev–Trinajstić information content (AvgIpc) is 3.45. The lowest BCUT2D eigenvalue weighted by Crippen LogP contribution is -2.16. The molecule has 0 aromatic carbocycles. The summed E-state index contributed by atoms with van der Waals surface area (Å²) in [4.78, 5) is 37.6. The first-order chi connectivity index (χ1) is 13.7. The van der Waals surface area contributed by atoms with Crippen molar-refractivity contribution in [3.8, 4) is 5.95 Å². The summed E-state index contributed by atoms with van der Waals surface area (Å²) in [6, 6.07) is 0. The molecule has 0 bridgehead atoms. The Bertz CT molecular complexity index is 1310. The summed E-state index contributed by atoms with van der Waals surface area (Å²) in [5, 5.41) is 0. The minimum absolute atomic E-state index is 0.215. The summed E-state index contributed by atoms with van der Waals surface area (Å²) in [5.41, 5.74) is 2.27. The van der Waals surface area contributed by atoms with Crippen molar-refractivity contribution in [3.63, 3.8) is 0 Å². The van der Waals surface area contributed by atoms with E-state index in [1.54, 1.807) is 46.4 Å². The Kier molecular flexibility index (Phi) is 3.75. The number of hydrogen-bond donors (Lipinski definition) is 1. The molecule has 10 heteroatoms. The summed E-state index contributed by atoms with van der Waals surface area (Å²) >= 11 is 0. The van der Waals surface area contributed by atoms with Gasteiger partial charge in [0.2, 0.25) is 5.95 Å². The first kappa shape index (κ1) is 16.4. The number of aromatic amines is 1. The Labute approximate surface area is 158 Å². The van der Waals surface area contributed by atoms with Crippen molar-refractivity contribution < 1.29 is 0 Å². The highest BCUT2D eigenvalue weighted by Crippen LogP contribution is 2.19. The predicted molar refractivity (Wildman–Crippen MR) is 101 cm³/mol. The molecule has 0 fully saturated rings. The van der Waals surface area contributed by atoms with E-state index in [0.717, 1.165) is 12.1 Å². The molecule has 0 saturated carbocycles. The van der Waals surface area contributed by atoms with Gasteiger partial charge in [-0.05, 0) is 6.42 Å². The van der Waals surface area contributed by atoms with Gasteiger partial charge in [-0.1, -0.05) is 13.3 Å². The van der Waals surface area contributed by atoms with Crippen molar-refractivity contribution in [1.82, 2.24) is 43.4 Å². The second-order valence-corrected chi connectivity index (χ2v) is 6.47. The molecular formula is C18H17N9O. The second-order valence-electron chi connectivity index (χ2n) is 6.47. The fourth-order valence-electron chi connectivity index (χ4n) is 3.30. The normalized spacial score (nSPS) is 11.6. The molecule has 10 nitrogen and oxygen atoms in total. The van der Waals surface area contributed by atoms with Crippen LogP contribution in [-0.2, 0) is 13.0 Å². The van der Waals surface area contributed by atoms with Gasteiger partial charge < -0.3 is 9.55 Å². The fraction of sp³-hybridized carbons (Fsp3) is 0.222. The van der Waals surface area contributed by atoms with Gasteiger partial charge in [0, 0.05) is 24.8 Å². The van der Waals surface area contributed by atoms with Crippen LogP contribution in [0.4, 0.5) is 0 Å². The van der Waals surface area contributed by atoms with Crippen LogP contribution in [0.2, 0.25) is 0 Å². The van der Waals surface area contributed by atoms with E-state index in [-0.39, 0.29) is 5.56 Å². The van der Waals surface area contributed by atoms with Gasteiger partial charge in [0.05, 0.1) is 24.8 Å². The molecule has 0 radical (unpaired) electrons. The number of aryl methyl sites for hydroxylation is 1. The average molecular weight is 375 g/mol. The minimum atomic E-state index is -0.215. The van der Waals surface area contributed by atoms with Gasteiger partial charge in [-0.3, -0.25) is 13.8 Å². The lowest BCUT2D eigenvalue weighted by molar-refractivity contribution is 0.741. The van der Waals surface area contributed by atoms with Gasteiger partial charge in [-0.25, -0.2) is 19.9 Å². The summed E-state index contributed by atoms with van der Waals surface area (Å²) in [5.74, 6) is 1.20. The molecule has 0 atom stereocenters. The molecule has 28 heavy (non-hydrogen) atoms. The minimum Gasteiger partial charge on any atom is -0.330 e. The standard InChI is InChI=1S/C18H17N9O/c1-2-3-12-15-16(24-18(22-12)26-7-5-20-11-26)27-13(17(28)23-15)8-21-14(27)9-25-6-4-19-10-25/h4-8,10-11H,2-3,9H2,1H3,(H,23,28). The summed E-state index contributed by atoms with van der Waals surface area (Å²) in [6.45, 7) is 2.55. The third-order valence-corrected chi connectivity index (χ3v) is 4.58. The summed E-state index contributed by atoms with van der Waals surface area (Å²) < 4.78 is 5.45. The number of hydrogen-bond acceptors (Lipinski definition) is 6. The number of imidazole rings is 3. The molecule has 0 aliphatic carbocycles. The van der Waals surface area contributed by atoms with Crippen LogP contribution < -0.4 is 5.56 Å². The topological polar surface area (TPSA) is 112 Å². The van der Waals surface area contributed by atoms with E-state index in [1.165, 1.54) is 0 Å². The number of nitrogens with one attached hydrogen (secondary N) is 1. The third kappa shape index (κ3) is 2.57. The van der Waals surface area contributed by atoms with Gasteiger partial charge >= 0.3 is 0 Å². The number of nitrogens with zero attached hydrogens (tertiary/aromatic N) is 8. The maximum Gasteiger partial charge on any atom is 0.274 e. The molecule has 0 amide bonds. The van der Waals surface area contributed by atoms with E-state index in [0.29, 0.717) is 41.4 Å². The van der Waals surface area contributed by atoms with Crippen LogP contribution in [0.3, 0.4) is 0 Å². The Hall–Kier alpha value is -3.82. The number of H-pyrrole nitrogens is 1. The zero-order valence-corrected chi connectivity index (χ0v) is 15.1. The lowest BCUT2D eigenvalue weighted by Gasteiger charge is -2.11. The summed E-state index contributed by atoms with van der Waals surface area (Å²) in [7, 11) is 0. The van der Waals surface area contributed by atoms with Crippen molar-refractivity contribution in [1.29, 1.82) is 0 Å². The third-order valence-electron chi connectivity index (χ3n) is 4.58. The van der Waals surface area contributed by atoms with Gasteiger partial charge in [0.1, 0.15) is 23.2 Å². The molecule has 140 valence electrons. The van der Waals surface area contributed by atoms with Crippen LogP contribution in [0, 0.1) is 0 Å². The summed E-state index contributed by atoms with van der Waals surface area (Å²) in [6.07, 6.45) is 13.6. The molecule has 0 aliphatic heterocycles. The Balaban J connectivity index is 1.84. The molecule has 5 aromatic rings. The van der Waals surface area contributed by atoms with E-state index in [1.807, 2.05) is 10.8 Å². The number of aromatic nitrogens is 9. The zero-order chi connectivity index (χ0) is 19.1. The predicted octanol–water partition coefficient (Wildman–Crippen LogP) is 1.35. The van der Waals surface area contributed by atoms with E-state index in [9.17, 15) is 4.79 Å². The van der Waals surface area contributed by atoms with Gasteiger partial charge in [0.15, 0.2) is 5.65 Å². The molecule has 0 saturated heterocycles. The van der Waals surface area contributed by atoms with Gasteiger partial charge in [-0.2, -0.15) is 4.98 Å². The van der Waals surface area contributed by atoms with E-state index in [2.05, 4.69) is 31.8 Å². The smallest absolute Gasteiger partial charge is 0.274 e. The molecule has 0 spiro atoms. The van der Waals surface area contributed by atoms with Crippen molar-refractivity contribution in [2.45, 2.75) is 26.3 Å². The van der Waals surface area contributed by atoms with Crippen LogP contribution >= 0.6 is 0 Å². The van der Waals surface area contributed by atoms with Crippen LogP contribution in [0.25, 0.3) is 22.6 Å². The van der Waals surface area contributed by atoms with Crippen molar-refractivity contribution in [2.24, 2.45) is 0 Å². The molecule has 0 aliphatic rings. The van der Waals surface area contributed by atoms with Crippen LogP contribution in [0.1, 0.15) is 24.9 Å². The van der Waals surface area contributed by atoms with Crippen LogP contribution in [0.15, 0.2) is 48.4 Å². The maximum atomic E-state index is 12.7.